The van der Waals surface area contributed by atoms with Gasteiger partial charge in [0.1, 0.15) is 11.9 Å². The molecule has 4 aliphatic carbocycles. The maximum atomic E-state index is 14.1. The Morgan fingerprint density at radius 3 is 2.29 bits per heavy atom. The largest absolute Gasteiger partial charge is 0.511 e. The molecule has 0 bridgehead atoms. The molecular weight excluding hydrogens is 448 g/mol. The topological polar surface area (TPSA) is 110 Å². The number of fused-ring (bicyclic) bond motifs is 5. The zero-order valence-electron chi connectivity index (χ0n) is 22.3. The van der Waals surface area contributed by atoms with Crippen molar-refractivity contribution in [2.24, 2.45) is 38.9 Å². The fourth-order valence-electron chi connectivity index (χ4n) is 9.23. The van der Waals surface area contributed by atoms with Crippen LogP contribution >= 0.6 is 0 Å². The second kappa shape index (κ2) is 7.67. The molecule has 2 fully saturated rings. The Morgan fingerprint density at radius 1 is 1.11 bits per heavy atom. The van der Waals surface area contributed by atoms with Gasteiger partial charge in [0.25, 0.3) is 0 Å². The molecule has 7 heteroatoms. The van der Waals surface area contributed by atoms with Gasteiger partial charge in [-0.1, -0.05) is 32.4 Å². The molecule has 0 aromatic heterocycles. The molecule has 0 aromatic rings. The van der Waals surface area contributed by atoms with Gasteiger partial charge >= 0.3 is 11.9 Å². The van der Waals surface area contributed by atoms with E-state index in [1.165, 1.54) is 14.0 Å². The van der Waals surface area contributed by atoms with E-state index in [0.29, 0.717) is 25.7 Å². The summed E-state index contributed by atoms with van der Waals surface area (Å²) in [5.74, 6) is -1.72. The van der Waals surface area contributed by atoms with Crippen molar-refractivity contribution in [1.82, 2.24) is 0 Å². The number of rotatable bonds is 3. The Hall–Kier alpha value is -2.15. The lowest BCUT2D eigenvalue weighted by Gasteiger charge is -2.69. The summed E-state index contributed by atoms with van der Waals surface area (Å²) in [5, 5.41) is 22.3. The fourth-order valence-corrected chi connectivity index (χ4v) is 9.23. The van der Waals surface area contributed by atoms with Gasteiger partial charge in [-0.2, -0.15) is 0 Å². The van der Waals surface area contributed by atoms with Crippen molar-refractivity contribution in [2.45, 2.75) is 80.3 Å². The van der Waals surface area contributed by atoms with Gasteiger partial charge < -0.3 is 19.7 Å². The highest BCUT2D eigenvalue weighted by molar-refractivity contribution is 6.17. The van der Waals surface area contributed by atoms with Crippen LogP contribution in [0.4, 0.5) is 0 Å². The van der Waals surface area contributed by atoms with E-state index < -0.39 is 33.0 Å². The number of carbonyl (C=O) groups is 3. The maximum Gasteiger partial charge on any atom is 0.321 e. The number of allylic oxidation sites excluding steroid dienone is 3. The van der Waals surface area contributed by atoms with Crippen LogP contribution in [0.5, 0.6) is 0 Å². The molecule has 0 unspecified atom stereocenters. The van der Waals surface area contributed by atoms with Gasteiger partial charge in [0, 0.05) is 29.9 Å². The second-order valence-corrected chi connectivity index (χ2v) is 12.4. The highest BCUT2D eigenvalue weighted by atomic mass is 16.5. The smallest absolute Gasteiger partial charge is 0.321 e. The summed E-state index contributed by atoms with van der Waals surface area (Å²) in [6, 6.07) is 0. The third-order valence-corrected chi connectivity index (χ3v) is 11.0. The van der Waals surface area contributed by atoms with Crippen molar-refractivity contribution in [2.75, 3.05) is 13.7 Å². The predicted molar refractivity (Wildman–Crippen MR) is 129 cm³/mol. The minimum absolute atomic E-state index is 0.00145. The highest BCUT2D eigenvalue weighted by Gasteiger charge is 2.80. The summed E-state index contributed by atoms with van der Waals surface area (Å²) >= 11 is 0. The molecule has 0 amide bonds. The Morgan fingerprint density at radius 2 is 1.74 bits per heavy atom. The number of aliphatic hydroxyl groups is 2. The molecule has 194 valence electrons. The van der Waals surface area contributed by atoms with Crippen LogP contribution < -0.4 is 0 Å². The van der Waals surface area contributed by atoms with Gasteiger partial charge in [0.05, 0.1) is 12.5 Å². The lowest BCUT2D eigenvalue weighted by atomic mass is 9.33. The van der Waals surface area contributed by atoms with Crippen LogP contribution in [0, 0.1) is 38.9 Å². The van der Waals surface area contributed by atoms with Gasteiger partial charge in [-0.25, -0.2) is 0 Å². The first-order valence-corrected chi connectivity index (χ1v) is 12.6. The third-order valence-electron chi connectivity index (χ3n) is 11.0. The van der Waals surface area contributed by atoms with E-state index in [1.807, 2.05) is 13.8 Å². The molecule has 0 aliphatic heterocycles. The first kappa shape index (κ1) is 25.9. The first-order valence-electron chi connectivity index (χ1n) is 12.6. The molecule has 0 saturated heterocycles. The molecule has 2 saturated carbocycles. The summed E-state index contributed by atoms with van der Waals surface area (Å²) in [7, 11) is 1.29. The van der Waals surface area contributed by atoms with Crippen LogP contribution in [0.25, 0.3) is 0 Å². The Balaban J connectivity index is 1.98. The fraction of sp³-hybridized carbons (Fsp3) is 0.750. The molecule has 0 aromatic carbocycles. The number of hydrogen-bond donors (Lipinski definition) is 2. The zero-order chi connectivity index (χ0) is 26.4. The van der Waals surface area contributed by atoms with Crippen LogP contribution in [0.15, 0.2) is 23.0 Å². The molecule has 0 heterocycles. The number of carbonyl (C=O) groups excluding carboxylic acids is 3. The number of hydrogen-bond acceptors (Lipinski definition) is 7. The van der Waals surface area contributed by atoms with Gasteiger partial charge in [0.2, 0.25) is 0 Å². The first-order chi connectivity index (χ1) is 16.1. The predicted octanol–water partition coefficient (Wildman–Crippen LogP) is 4.29. The number of esters is 2. The average molecular weight is 489 g/mol. The van der Waals surface area contributed by atoms with Gasteiger partial charge in [-0.05, 0) is 63.7 Å². The standard InChI is InChI=1S/C28H40O7/c1-15-13-19-25(6,28(23(33)34-8)22(32)16(2)21(31)26(15,28)7)11-9-18-24(4,5)20(35-17(3)30)10-12-27(18,19)14-29/h13,18-20,29,31H,9-12,14H2,1-8H3/t18-,19-,20+,25+,26+,27+,28-/m1/s1. The van der Waals surface area contributed by atoms with Gasteiger partial charge in [-0.15, -0.1) is 0 Å². The molecule has 4 rings (SSSR count). The normalized spacial score (nSPS) is 44.1. The van der Waals surface area contributed by atoms with Gasteiger partial charge in [-0.3, -0.25) is 14.4 Å². The molecular formula is C28H40O7. The van der Waals surface area contributed by atoms with E-state index >= 15 is 0 Å². The Kier molecular flexibility index (Phi) is 5.68. The number of ketones is 1. The van der Waals surface area contributed by atoms with E-state index in [0.717, 1.165) is 5.57 Å². The van der Waals surface area contributed by atoms with E-state index in [1.54, 1.807) is 13.8 Å². The summed E-state index contributed by atoms with van der Waals surface area (Å²) in [5.41, 5.74) is -3.85. The monoisotopic (exact) mass is 488 g/mol. The lowest BCUT2D eigenvalue weighted by molar-refractivity contribution is -0.230. The van der Waals surface area contributed by atoms with Gasteiger partial charge in [0.15, 0.2) is 11.2 Å². The van der Waals surface area contributed by atoms with Crippen molar-refractivity contribution in [3.05, 3.63) is 23.0 Å². The molecule has 4 aliphatic rings. The molecule has 7 nitrogen and oxygen atoms in total. The SMILES string of the molecule is COC(=O)[C@@]12C(=O)C(C)=C(O)[C@]1(C)C(C)=C[C@H]1[C@]3(CO)CC[C@H](OC(C)=O)C(C)(C)[C@H]3CC[C@@]12C. The van der Waals surface area contributed by atoms with Crippen molar-refractivity contribution < 1.29 is 34.1 Å². The van der Waals surface area contributed by atoms with Crippen molar-refractivity contribution >= 4 is 17.7 Å². The second-order valence-electron chi connectivity index (χ2n) is 12.4. The maximum absolute atomic E-state index is 14.1. The number of Topliss-reactive ketones (excluding diaryl/α,β-unsaturated/α-hetero) is 1. The summed E-state index contributed by atoms with van der Waals surface area (Å²) < 4.78 is 11.1. The zero-order valence-corrected chi connectivity index (χ0v) is 22.3. The number of methoxy groups -OCH3 is 1. The van der Waals surface area contributed by atoms with E-state index in [4.69, 9.17) is 9.47 Å². The van der Waals surface area contributed by atoms with Crippen LogP contribution in [-0.2, 0) is 23.9 Å². The highest BCUT2D eigenvalue weighted by Crippen LogP contribution is 2.77. The minimum Gasteiger partial charge on any atom is -0.511 e. The Labute approximate surface area is 207 Å². The summed E-state index contributed by atoms with van der Waals surface area (Å²) in [4.78, 5) is 39.7. The van der Waals surface area contributed by atoms with Crippen molar-refractivity contribution in [1.29, 1.82) is 0 Å². The van der Waals surface area contributed by atoms with Crippen LogP contribution in [0.2, 0.25) is 0 Å². The summed E-state index contributed by atoms with van der Waals surface area (Å²) in [6.07, 6.45) is 4.19. The number of aliphatic hydroxyl groups excluding tert-OH is 2. The van der Waals surface area contributed by atoms with E-state index in [9.17, 15) is 24.6 Å². The third kappa shape index (κ3) is 2.68. The average Bonchev–Trinajstić information content (AvgIpc) is 2.95. The lowest BCUT2D eigenvalue weighted by Crippen LogP contribution is -2.71. The molecule has 35 heavy (non-hydrogen) atoms. The molecule has 2 N–H and O–H groups in total. The van der Waals surface area contributed by atoms with Crippen LogP contribution in [0.3, 0.4) is 0 Å². The minimum atomic E-state index is -1.63. The van der Waals surface area contributed by atoms with E-state index in [2.05, 4.69) is 19.9 Å². The van der Waals surface area contributed by atoms with E-state index in [-0.39, 0.29) is 47.6 Å². The summed E-state index contributed by atoms with van der Waals surface area (Å²) in [6.45, 7) is 12.7. The molecule has 7 atom stereocenters. The van der Waals surface area contributed by atoms with Crippen LogP contribution in [-0.4, -0.2) is 47.8 Å². The quantitative estimate of drug-likeness (QED) is 0.346. The number of ether oxygens (including phenoxy) is 2. The Bertz CT molecular complexity index is 1050. The van der Waals surface area contributed by atoms with Crippen molar-refractivity contribution in [3.63, 3.8) is 0 Å². The van der Waals surface area contributed by atoms with Crippen LogP contribution in [0.1, 0.15) is 74.1 Å². The molecule has 0 spiro atoms. The molecule has 0 radical (unpaired) electrons. The van der Waals surface area contributed by atoms with Crippen molar-refractivity contribution in [3.8, 4) is 0 Å².